The molecule has 0 spiro atoms. The minimum Gasteiger partial charge on any atom is -0.380 e. The average Bonchev–Trinajstić information content (AvgIpc) is 2.66. The molecular weight excluding hydrogens is 190 g/mol. The first-order valence-electron chi connectivity index (χ1n) is 5.47. The topological polar surface area (TPSA) is 29.5 Å². The number of carbonyl (C=O) groups excluding carboxylic acids is 1. The SMILES string of the molecule is COCC1=CCC(N2CCCC2=O)C=C1. The van der Waals surface area contributed by atoms with E-state index in [-0.39, 0.29) is 6.04 Å². The number of ether oxygens (including phenoxy) is 1. The molecule has 3 nitrogen and oxygen atoms in total. The number of likely N-dealkylation sites (tertiary alicyclic amines) is 1. The summed E-state index contributed by atoms with van der Waals surface area (Å²) in [6, 6.07) is 0.278. The number of amides is 1. The lowest BCUT2D eigenvalue weighted by molar-refractivity contribution is -0.128. The maximum absolute atomic E-state index is 11.5. The van der Waals surface area contributed by atoms with E-state index in [1.54, 1.807) is 7.11 Å². The maximum Gasteiger partial charge on any atom is 0.223 e. The molecule has 0 saturated carbocycles. The van der Waals surface area contributed by atoms with Crippen LogP contribution in [0.5, 0.6) is 0 Å². The van der Waals surface area contributed by atoms with Gasteiger partial charge in [0.05, 0.1) is 12.6 Å². The molecule has 2 rings (SSSR count). The van der Waals surface area contributed by atoms with Crippen molar-refractivity contribution in [3.05, 3.63) is 23.8 Å². The molecule has 15 heavy (non-hydrogen) atoms. The molecular formula is C12H17NO2. The summed E-state index contributed by atoms with van der Waals surface area (Å²) >= 11 is 0. The largest absolute Gasteiger partial charge is 0.380 e. The van der Waals surface area contributed by atoms with E-state index in [4.69, 9.17) is 4.74 Å². The van der Waals surface area contributed by atoms with Crippen LogP contribution in [-0.4, -0.2) is 37.1 Å². The number of hydrogen-bond acceptors (Lipinski definition) is 2. The Morgan fingerprint density at radius 3 is 3.00 bits per heavy atom. The van der Waals surface area contributed by atoms with Crippen molar-refractivity contribution in [3.63, 3.8) is 0 Å². The van der Waals surface area contributed by atoms with Crippen molar-refractivity contribution in [2.24, 2.45) is 0 Å². The molecule has 0 bridgehead atoms. The number of carbonyl (C=O) groups is 1. The molecule has 0 aromatic heterocycles. The first-order chi connectivity index (χ1) is 7.31. The van der Waals surface area contributed by atoms with Gasteiger partial charge < -0.3 is 9.64 Å². The molecule has 1 aliphatic carbocycles. The summed E-state index contributed by atoms with van der Waals surface area (Å²) in [5, 5.41) is 0. The Hall–Kier alpha value is -1.09. The van der Waals surface area contributed by atoms with Crippen LogP contribution in [0, 0.1) is 0 Å². The lowest BCUT2D eigenvalue weighted by Crippen LogP contribution is -2.35. The summed E-state index contributed by atoms with van der Waals surface area (Å²) in [5.41, 5.74) is 1.21. The molecule has 0 radical (unpaired) electrons. The van der Waals surface area contributed by atoms with Gasteiger partial charge in [-0.25, -0.2) is 0 Å². The van der Waals surface area contributed by atoms with Crippen LogP contribution in [0.1, 0.15) is 19.3 Å². The van der Waals surface area contributed by atoms with Gasteiger partial charge in [-0.05, 0) is 18.4 Å². The Morgan fingerprint density at radius 1 is 1.60 bits per heavy atom. The minimum atomic E-state index is 0.278. The third-order valence-electron chi connectivity index (χ3n) is 2.98. The Bertz CT molecular complexity index is 307. The van der Waals surface area contributed by atoms with Gasteiger partial charge in [0.15, 0.2) is 0 Å². The number of hydrogen-bond donors (Lipinski definition) is 0. The third kappa shape index (κ3) is 2.29. The van der Waals surface area contributed by atoms with Crippen molar-refractivity contribution in [2.75, 3.05) is 20.3 Å². The van der Waals surface area contributed by atoms with Crippen molar-refractivity contribution in [1.82, 2.24) is 4.90 Å². The van der Waals surface area contributed by atoms with Crippen molar-refractivity contribution in [3.8, 4) is 0 Å². The second kappa shape index (κ2) is 4.62. The fraction of sp³-hybridized carbons (Fsp3) is 0.583. The predicted molar refractivity (Wildman–Crippen MR) is 58.5 cm³/mol. The Kier molecular flexibility index (Phi) is 3.21. The first-order valence-corrected chi connectivity index (χ1v) is 5.47. The first kappa shape index (κ1) is 10.4. The molecule has 1 unspecified atom stereocenters. The van der Waals surface area contributed by atoms with Crippen LogP contribution in [-0.2, 0) is 9.53 Å². The van der Waals surface area contributed by atoms with Crippen molar-refractivity contribution in [1.29, 1.82) is 0 Å². The van der Waals surface area contributed by atoms with Gasteiger partial charge in [-0.2, -0.15) is 0 Å². The molecule has 3 heteroatoms. The van der Waals surface area contributed by atoms with Crippen LogP contribution in [0.3, 0.4) is 0 Å². The highest BCUT2D eigenvalue weighted by Gasteiger charge is 2.26. The van der Waals surface area contributed by atoms with Gasteiger partial charge in [-0.1, -0.05) is 18.2 Å². The number of rotatable bonds is 3. The van der Waals surface area contributed by atoms with Gasteiger partial charge in [-0.3, -0.25) is 4.79 Å². The van der Waals surface area contributed by atoms with Crippen molar-refractivity contribution < 1.29 is 9.53 Å². The molecule has 1 amide bonds. The van der Waals surface area contributed by atoms with Crippen LogP contribution in [0.25, 0.3) is 0 Å². The zero-order chi connectivity index (χ0) is 10.7. The highest BCUT2D eigenvalue weighted by molar-refractivity contribution is 5.78. The van der Waals surface area contributed by atoms with Gasteiger partial charge in [0, 0.05) is 20.1 Å². The minimum absolute atomic E-state index is 0.278. The zero-order valence-corrected chi connectivity index (χ0v) is 9.11. The van der Waals surface area contributed by atoms with Crippen LogP contribution in [0.15, 0.2) is 23.8 Å². The maximum atomic E-state index is 11.5. The van der Waals surface area contributed by atoms with Gasteiger partial charge in [0.25, 0.3) is 0 Å². The van der Waals surface area contributed by atoms with E-state index in [9.17, 15) is 4.79 Å². The highest BCUT2D eigenvalue weighted by Crippen LogP contribution is 2.21. The summed E-state index contributed by atoms with van der Waals surface area (Å²) < 4.78 is 5.06. The molecule has 1 fully saturated rings. The molecule has 1 saturated heterocycles. The average molecular weight is 207 g/mol. The van der Waals surface area contributed by atoms with Gasteiger partial charge >= 0.3 is 0 Å². The Balaban J connectivity index is 1.94. The van der Waals surface area contributed by atoms with E-state index < -0.39 is 0 Å². The summed E-state index contributed by atoms with van der Waals surface area (Å²) in [6.07, 6.45) is 9.03. The van der Waals surface area contributed by atoms with E-state index in [1.165, 1.54) is 5.57 Å². The molecule has 2 aliphatic rings. The monoisotopic (exact) mass is 207 g/mol. The highest BCUT2D eigenvalue weighted by atomic mass is 16.5. The fourth-order valence-corrected chi connectivity index (χ4v) is 2.18. The molecule has 0 aromatic rings. The zero-order valence-electron chi connectivity index (χ0n) is 9.11. The van der Waals surface area contributed by atoms with E-state index in [0.717, 1.165) is 25.8 Å². The van der Waals surface area contributed by atoms with Crippen molar-refractivity contribution in [2.45, 2.75) is 25.3 Å². The van der Waals surface area contributed by atoms with Crippen LogP contribution < -0.4 is 0 Å². The fourth-order valence-electron chi connectivity index (χ4n) is 2.18. The van der Waals surface area contributed by atoms with Crippen LogP contribution in [0.2, 0.25) is 0 Å². The second-order valence-corrected chi connectivity index (χ2v) is 4.06. The summed E-state index contributed by atoms with van der Waals surface area (Å²) in [5.74, 6) is 0.299. The third-order valence-corrected chi connectivity index (χ3v) is 2.98. The molecule has 82 valence electrons. The number of nitrogens with zero attached hydrogens (tertiary/aromatic N) is 1. The number of methoxy groups -OCH3 is 1. The lowest BCUT2D eigenvalue weighted by Gasteiger charge is -2.26. The van der Waals surface area contributed by atoms with Crippen molar-refractivity contribution >= 4 is 5.91 Å². The van der Waals surface area contributed by atoms with E-state index in [2.05, 4.69) is 18.2 Å². The molecule has 1 heterocycles. The van der Waals surface area contributed by atoms with Gasteiger partial charge in [0.2, 0.25) is 5.91 Å². The van der Waals surface area contributed by atoms with E-state index in [0.29, 0.717) is 12.5 Å². The summed E-state index contributed by atoms with van der Waals surface area (Å²) in [7, 11) is 1.70. The standard InChI is InChI=1S/C12H17NO2/c1-15-9-10-4-6-11(7-5-10)13-8-2-3-12(13)14/h4-6,11H,2-3,7-9H2,1H3. The molecule has 1 atom stereocenters. The van der Waals surface area contributed by atoms with Gasteiger partial charge in [-0.15, -0.1) is 0 Å². The molecule has 0 N–H and O–H groups in total. The van der Waals surface area contributed by atoms with Crippen LogP contribution in [0.4, 0.5) is 0 Å². The van der Waals surface area contributed by atoms with E-state index in [1.807, 2.05) is 4.90 Å². The van der Waals surface area contributed by atoms with Crippen LogP contribution >= 0.6 is 0 Å². The second-order valence-electron chi connectivity index (χ2n) is 4.06. The predicted octanol–water partition coefficient (Wildman–Crippen LogP) is 1.51. The lowest BCUT2D eigenvalue weighted by atomic mass is 10.0. The normalized spacial score (nSPS) is 25.9. The van der Waals surface area contributed by atoms with E-state index >= 15 is 0 Å². The Labute approximate surface area is 90.4 Å². The van der Waals surface area contributed by atoms with Gasteiger partial charge in [0.1, 0.15) is 0 Å². The smallest absolute Gasteiger partial charge is 0.223 e. The Morgan fingerprint density at radius 2 is 2.47 bits per heavy atom. The quantitative estimate of drug-likeness (QED) is 0.702. The summed E-state index contributed by atoms with van der Waals surface area (Å²) in [6.45, 7) is 1.58. The molecule has 0 aromatic carbocycles. The molecule has 1 aliphatic heterocycles. The summed E-state index contributed by atoms with van der Waals surface area (Å²) in [4.78, 5) is 13.5.